The van der Waals surface area contributed by atoms with Crippen molar-refractivity contribution in [1.29, 1.82) is 0 Å². The minimum Gasteiger partial charge on any atom is -0.481 e. The molecule has 176 valence electrons. The Balaban J connectivity index is 1.47. The number of alkyl carbamates (subject to hydrolysis) is 1. The number of carboxylic acid groups (broad SMARTS) is 1. The third-order valence-corrected chi connectivity index (χ3v) is 6.01. The Kier molecular flexibility index (Phi) is 8.46. The molecule has 0 bridgehead atoms. The minimum atomic E-state index is -0.923. The normalized spacial score (nSPS) is 13.0. The van der Waals surface area contributed by atoms with Gasteiger partial charge in [0.2, 0.25) is 5.91 Å². The first kappa shape index (κ1) is 24.3. The highest BCUT2D eigenvalue weighted by Crippen LogP contribution is 2.44. The van der Waals surface area contributed by atoms with Crippen LogP contribution in [0.2, 0.25) is 0 Å². The van der Waals surface area contributed by atoms with E-state index < -0.39 is 12.1 Å². The summed E-state index contributed by atoms with van der Waals surface area (Å²) in [4.78, 5) is 37.4. The molecule has 0 saturated carbocycles. The van der Waals surface area contributed by atoms with E-state index in [0.29, 0.717) is 19.5 Å². The van der Waals surface area contributed by atoms with Gasteiger partial charge in [0.1, 0.15) is 6.61 Å². The second-order valence-corrected chi connectivity index (χ2v) is 8.41. The highest BCUT2D eigenvalue weighted by molar-refractivity contribution is 5.80. The number of carbonyl (C=O) groups excluding carboxylic acids is 2. The molecule has 0 spiro atoms. The second kappa shape index (κ2) is 11.5. The van der Waals surface area contributed by atoms with E-state index >= 15 is 0 Å². The van der Waals surface area contributed by atoms with Gasteiger partial charge in [0.05, 0.1) is 6.42 Å². The Morgan fingerprint density at radius 3 is 2.21 bits per heavy atom. The van der Waals surface area contributed by atoms with Gasteiger partial charge in [-0.15, -0.1) is 0 Å². The molecule has 2 amide bonds. The third kappa shape index (κ3) is 6.12. The monoisotopic (exact) mass is 452 g/mol. The zero-order valence-corrected chi connectivity index (χ0v) is 19.3. The number of carboxylic acids is 1. The van der Waals surface area contributed by atoms with Crippen molar-refractivity contribution < 1.29 is 24.2 Å². The number of carbonyl (C=O) groups is 3. The summed E-state index contributed by atoms with van der Waals surface area (Å²) in [6.45, 7) is 5.02. The summed E-state index contributed by atoms with van der Waals surface area (Å²) in [6, 6.07) is 16.3. The molecule has 1 aliphatic carbocycles. The Labute approximate surface area is 194 Å². The van der Waals surface area contributed by atoms with Crippen molar-refractivity contribution in [1.82, 2.24) is 10.2 Å². The number of fused-ring (bicyclic) bond motifs is 3. The van der Waals surface area contributed by atoms with Crippen LogP contribution in [-0.2, 0) is 14.3 Å². The van der Waals surface area contributed by atoms with E-state index in [1.165, 1.54) is 11.1 Å². The predicted molar refractivity (Wildman–Crippen MR) is 126 cm³/mol. The van der Waals surface area contributed by atoms with Crippen molar-refractivity contribution in [3.8, 4) is 11.1 Å². The zero-order chi connectivity index (χ0) is 23.8. The Bertz CT molecular complexity index is 945. The summed E-state index contributed by atoms with van der Waals surface area (Å²) < 4.78 is 5.52. The van der Waals surface area contributed by atoms with Crippen LogP contribution in [0.4, 0.5) is 4.79 Å². The maximum atomic E-state index is 12.6. The SMILES string of the molecule is CCCN(CCC(=O)O)C(=O)C(C)CCNC(=O)OCC1c2ccccc2-c2ccccc21. The van der Waals surface area contributed by atoms with E-state index in [2.05, 4.69) is 29.6 Å². The lowest BCUT2D eigenvalue weighted by atomic mass is 9.98. The number of nitrogens with one attached hydrogen (secondary N) is 1. The van der Waals surface area contributed by atoms with Gasteiger partial charge in [0, 0.05) is 31.5 Å². The largest absolute Gasteiger partial charge is 0.481 e. The van der Waals surface area contributed by atoms with Crippen LogP contribution >= 0.6 is 0 Å². The number of rotatable bonds is 11. The number of hydrogen-bond acceptors (Lipinski definition) is 4. The molecule has 33 heavy (non-hydrogen) atoms. The van der Waals surface area contributed by atoms with Crippen LogP contribution < -0.4 is 5.32 Å². The minimum absolute atomic E-state index is 0.000452. The van der Waals surface area contributed by atoms with Crippen molar-refractivity contribution in [2.45, 2.75) is 39.0 Å². The molecule has 7 heteroatoms. The predicted octanol–water partition coefficient (Wildman–Crippen LogP) is 4.26. The van der Waals surface area contributed by atoms with Crippen LogP contribution in [0.15, 0.2) is 48.5 Å². The van der Waals surface area contributed by atoms with Gasteiger partial charge >= 0.3 is 12.1 Å². The van der Waals surface area contributed by atoms with Crippen molar-refractivity contribution in [3.63, 3.8) is 0 Å². The van der Waals surface area contributed by atoms with E-state index in [1.54, 1.807) is 11.8 Å². The molecular weight excluding hydrogens is 420 g/mol. The third-order valence-electron chi connectivity index (χ3n) is 6.01. The Morgan fingerprint density at radius 1 is 1.03 bits per heavy atom. The van der Waals surface area contributed by atoms with Crippen molar-refractivity contribution in [2.24, 2.45) is 5.92 Å². The first-order valence-corrected chi connectivity index (χ1v) is 11.5. The number of ether oxygens (including phenoxy) is 1. The lowest BCUT2D eigenvalue weighted by Gasteiger charge is -2.25. The van der Waals surface area contributed by atoms with Gasteiger partial charge in [-0.05, 0) is 35.1 Å². The molecule has 1 unspecified atom stereocenters. The van der Waals surface area contributed by atoms with E-state index in [9.17, 15) is 14.4 Å². The van der Waals surface area contributed by atoms with Crippen molar-refractivity contribution in [3.05, 3.63) is 59.7 Å². The smallest absolute Gasteiger partial charge is 0.407 e. The quantitative estimate of drug-likeness (QED) is 0.531. The van der Waals surface area contributed by atoms with Gasteiger partial charge in [-0.2, -0.15) is 0 Å². The fraction of sp³-hybridized carbons (Fsp3) is 0.423. The molecule has 0 fully saturated rings. The number of hydrogen-bond donors (Lipinski definition) is 2. The summed E-state index contributed by atoms with van der Waals surface area (Å²) in [6.07, 6.45) is 0.635. The van der Waals surface area contributed by atoms with Gasteiger partial charge in [-0.3, -0.25) is 9.59 Å². The van der Waals surface area contributed by atoms with Crippen LogP contribution in [0.25, 0.3) is 11.1 Å². The maximum absolute atomic E-state index is 12.6. The molecule has 1 aliphatic rings. The summed E-state index contributed by atoms with van der Waals surface area (Å²) >= 11 is 0. The topological polar surface area (TPSA) is 95.9 Å². The molecular formula is C26H32N2O5. The van der Waals surface area contributed by atoms with Crippen LogP contribution in [0.1, 0.15) is 50.2 Å². The maximum Gasteiger partial charge on any atom is 0.407 e. The molecule has 2 aromatic rings. The molecule has 1 atom stereocenters. The van der Waals surface area contributed by atoms with Crippen LogP contribution in [-0.4, -0.2) is 54.2 Å². The zero-order valence-electron chi connectivity index (χ0n) is 19.3. The molecule has 0 saturated heterocycles. The standard InChI is InChI=1S/C26H32N2O5/c1-3-15-28(16-13-24(29)30)25(31)18(2)12-14-27-26(32)33-17-23-21-10-6-4-8-19(21)20-9-5-7-11-22(20)23/h4-11,18,23H,3,12-17H2,1-2H3,(H,27,32)(H,29,30). The fourth-order valence-corrected chi connectivity index (χ4v) is 4.31. The molecule has 3 rings (SSSR count). The molecule has 2 aromatic carbocycles. The van der Waals surface area contributed by atoms with Gasteiger partial charge in [0.15, 0.2) is 0 Å². The highest BCUT2D eigenvalue weighted by atomic mass is 16.5. The molecule has 7 nitrogen and oxygen atoms in total. The van der Waals surface area contributed by atoms with Crippen LogP contribution in [0.5, 0.6) is 0 Å². The van der Waals surface area contributed by atoms with Crippen molar-refractivity contribution >= 4 is 18.0 Å². The number of nitrogens with zero attached hydrogens (tertiary/aromatic N) is 1. The van der Waals surface area contributed by atoms with Gasteiger partial charge in [0.25, 0.3) is 0 Å². The van der Waals surface area contributed by atoms with Gasteiger partial charge in [-0.25, -0.2) is 4.79 Å². The lowest BCUT2D eigenvalue weighted by molar-refractivity contribution is -0.139. The summed E-state index contributed by atoms with van der Waals surface area (Å²) in [5.74, 6) is -1.33. The molecule has 0 heterocycles. The summed E-state index contributed by atoms with van der Waals surface area (Å²) in [5.41, 5.74) is 4.66. The first-order chi connectivity index (χ1) is 15.9. The molecule has 0 radical (unpaired) electrons. The van der Waals surface area contributed by atoms with E-state index in [1.807, 2.05) is 31.2 Å². The van der Waals surface area contributed by atoms with E-state index in [0.717, 1.165) is 17.5 Å². The summed E-state index contributed by atoms with van der Waals surface area (Å²) in [7, 11) is 0. The first-order valence-electron chi connectivity index (χ1n) is 11.5. The average molecular weight is 453 g/mol. The van der Waals surface area contributed by atoms with Gasteiger partial charge in [-0.1, -0.05) is 62.4 Å². The Morgan fingerprint density at radius 2 is 1.64 bits per heavy atom. The van der Waals surface area contributed by atoms with Crippen LogP contribution in [0.3, 0.4) is 0 Å². The van der Waals surface area contributed by atoms with E-state index in [-0.39, 0.29) is 37.3 Å². The van der Waals surface area contributed by atoms with Gasteiger partial charge < -0.3 is 20.1 Å². The lowest BCUT2D eigenvalue weighted by Crippen LogP contribution is -2.38. The summed E-state index contributed by atoms with van der Waals surface area (Å²) in [5, 5.41) is 11.6. The van der Waals surface area contributed by atoms with Crippen LogP contribution in [0, 0.1) is 5.92 Å². The molecule has 0 aromatic heterocycles. The average Bonchev–Trinajstić information content (AvgIpc) is 3.13. The number of benzene rings is 2. The number of aliphatic carboxylic acids is 1. The molecule has 2 N–H and O–H groups in total. The van der Waals surface area contributed by atoms with Crippen molar-refractivity contribution in [2.75, 3.05) is 26.2 Å². The number of amides is 2. The fourth-order valence-electron chi connectivity index (χ4n) is 4.31. The van der Waals surface area contributed by atoms with E-state index in [4.69, 9.17) is 9.84 Å². The highest BCUT2D eigenvalue weighted by Gasteiger charge is 2.29. The molecule has 0 aliphatic heterocycles. The Hall–Kier alpha value is -3.35. The second-order valence-electron chi connectivity index (χ2n) is 8.41.